The van der Waals surface area contributed by atoms with Gasteiger partial charge in [0, 0.05) is 38.6 Å². The summed E-state index contributed by atoms with van der Waals surface area (Å²) in [7, 11) is 0. The molecule has 1 heterocycles. The van der Waals surface area contributed by atoms with E-state index in [-0.39, 0.29) is 59.3 Å². The first-order valence-corrected chi connectivity index (χ1v) is 19.8. The van der Waals surface area contributed by atoms with Crippen molar-refractivity contribution in [2.75, 3.05) is 32.7 Å². The average Bonchev–Trinajstić information content (AvgIpc) is 3.37. The summed E-state index contributed by atoms with van der Waals surface area (Å²) in [6.07, 6.45) is 15.1. The summed E-state index contributed by atoms with van der Waals surface area (Å²) in [5.41, 5.74) is 0.287. The average molecular weight is 671 g/mol. The highest BCUT2D eigenvalue weighted by molar-refractivity contribution is 5.90. The second-order valence-corrected chi connectivity index (χ2v) is 18.0. The Kier molecular flexibility index (Phi) is 11.2. The van der Waals surface area contributed by atoms with Crippen LogP contribution in [0.5, 0.6) is 0 Å². The van der Waals surface area contributed by atoms with Crippen LogP contribution in [0.1, 0.15) is 124 Å². The summed E-state index contributed by atoms with van der Waals surface area (Å²) >= 11 is 0. The molecule has 0 unspecified atom stereocenters. The number of carbonyl (C=O) groups is 3. The highest BCUT2D eigenvalue weighted by atomic mass is 16.3. The van der Waals surface area contributed by atoms with E-state index < -0.39 is 6.04 Å². The van der Waals surface area contributed by atoms with E-state index in [1.165, 1.54) is 38.5 Å². The van der Waals surface area contributed by atoms with Crippen LogP contribution in [0, 0.1) is 46.3 Å². The van der Waals surface area contributed by atoms with Crippen molar-refractivity contribution in [3.63, 3.8) is 0 Å². The van der Waals surface area contributed by atoms with Gasteiger partial charge in [-0.2, -0.15) is 0 Å². The first-order chi connectivity index (χ1) is 22.9. The number of nitrogens with one attached hydrogen (secondary N) is 2. The van der Waals surface area contributed by atoms with Gasteiger partial charge >= 0.3 is 0 Å². The van der Waals surface area contributed by atoms with Gasteiger partial charge in [-0.15, -0.1) is 0 Å². The zero-order chi connectivity index (χ0) is 34.2. The zero-order valence-electron chi connectivity index (χ0n) is 30.4. The Labute approximate surface area is 289 Å². The molecular weight excluding hydrogens is 604 g/mol. The molecule has 1 aliphatic heterocycles. The molecule has 6 rings (SSSR count). The summed E-state index contributed by atoms with van der Waals surface area (Å²) in [6, 6.07) is -0.516. The van der Waals surface area contributed by atoms with Gasteiger partial charge in [0.15, 0.2) is 0 Å². The first-order valence-electron chi connectivity index (χ1n) is 19.8. The Morgan fingerprint density at radius 1 is 0.854 bits per heavy atom. The van der Waals surface area contributed by atoms with Gasteiger partial charge in [-0.1, -0.05) is 47.0 Å². The van der Waals surface area contributed by atoms with E-state index >= 15 is 0 Å². The Hall–Kier alpha value is -1.71. The second-order valence-electron chi connectivity index (χ2n) is 18.0. The van der Waals surface area contributed by atoms with Crippen LogP contribution in [0.4, 0.5) is 0 Å². The van der Waals surface area contributed by atoms with Crippen LogP contribution < -0.4 is 10.6 Å². The SMILES string of the molecule is CC(C)C[C@H](NC(=O)CC1CCCCC1)C(=O)NCC(=O)N1CCN([C@H]2C[C@@]3(C)[C@@H](CC[C@@H]4[C@@H]3CC[C@]3(C)[C@@H](O)CC[C@@H]43)C[C@@H]2O)CC1. The van der Waals surface area contributed by atoms with Crippen LogP contribution in [0.2, 0.25) is 0 Å². The third kappa shape index (κ3) is 7.35. The lowest BCUT2D eigenvalue weighted by atomic mass is 9.44. The Balaban J connectivity index is 0.993. The van der Waals surface area contributed by atoms with Crippen LogP contribution in [-0.4, -0.2) is 94.7 Å². The molecule has 10 atom stereocenters. The largest absolute Gasteiger partial charge is 0.393 e. The predicted octanol–water partition coefficient (Wildman–Crippen LogP) is 4.49. The zero-order valence-corrected chi connectivity index (χ0v) is 30.4. The molecule has 0 aromatic rings. The van der Waals surface area contributed by atoms with Crippen molar-refractivity contribution in [2.24, 2.45) is 46.3 Å². The molecule has 4 N–H and O–H groups in total. The number of aliphatic hydroxyl groups excluding tert-OH is 2. The molecule has 9 nitrogen and oxygen atoms in total. The van der Waals surface area contributed by atoms with Crippen molar-refractivity contribution in [1.29, 1.82) is 0 Å². The molecule has 0 spiro atoms. The van der Waals surface area contributed by atoms with Crippen molar-refractivity contribution in [1.82, 2.24) is 20.4 Å². The number of aliphatic hydroxyl groups is 2. The van der Waals surface area contributed by atoms with E-state index in [4.69, 9.17) is 0 Å². The van der Waals surface area contributed by atoms with Gasteiger partial charge in [0.1, 0.15) is 6.04 Å². The molecule has 5 saturated carbocycles. The van der Waals surface area contributed by atoms with E-state index in [1.807, 2.05) is 18.7 Å². The van der Waals surface area contributed by atoms with E-state index in [2.05, 4.69) is 29.4 Å². The van der Waals surface area contributed by atoms with Crippen LogP contribution in [0.25, 0.3) is 0 Å². The molecular formula is C39H66N4O5. The Morgan fingerprint density at radius 3 is 2.27 bits per heavy atom. The van der Waals surface area contributed by atoms with Gasteiger partial charge in [0.05, 0.1) is 18.8 Å². The lowest BCUT2D eigenvalue weighted by molar-refractivity contribution is -0.156. The van der Waals surface area contributed by atoms with Crippen LogP contribution in [0.3, 0.4) is 0 Å². The number of rotatable bonds is 9. The van der Waals surface area contributed by atoms with Gasteiger partial charge in [-0.25, -0.2) is 0 Å². The number of carbonyl (C=O) groups excluding carboxylic acids is 3. The normalized spacial score (nSPS) is 39.6. The fourth-order valence-electron chi connectivity index (χ4n) is 11.9. The Morgan fingerprint density at radius 2 is 1.56 bits per heavy atom. The van der Waals surface area contributed by atoms with Gasteiger partial charge in [0.2, 0.25) is 17.7 Å². The summed E-state index contributed by atoms with van der Waals surface area (Å²) in [5, 5.41) is 28.2. The number of amides is 3. The summed E-state index contributed by atoms with van der Waals surface area (Å²) < 4.78 is 0. The molecule has 9 heteroatoms. The van der Waals surface area contributed by atoms with Crippen LogP contribution in [-0.2, 0) is 14.4 Å². The molecule has 3 amide bonds. The monoisotopic (exact) mass is 671 g/mol. The molecule has 5 aliphatic carbocycles. The summed E-state index contributed by atoms with van der Waals surface area (Å²) in [4.78, 5) is 43.5. The highest BCUT2D eigenvalue weighted by Crippen LogP contribution is 2.66. The minimum Gasteiger partial charge on any atom is -0.393 e. The molecule has 0 aromatic heterocycles. The lowest BCUT2D eigenvalue weighted by Gasteiger charge is -2.62. The maximum atomic E-state index is 13.3. The molecule has 48 heavy (non-hydrogen) atoms. The predicted molar refractivity (Wildman–Crippen MR) is 187 cm³/mol. The molecule has 6 fully saturated rings. The van der Waals surface area contributed by atoms with Gasteiger partial charge in [-0.3, -0.25) is 19.3 Å². The number of nitrogens with zero attached hydrogens (tertiary/aromatic N) is 2. The smallest absolute Gasteiger partial charge is 0.243 e. The van der Waals surface area contributed by atoms with E-state index in [1.54, 1.807) is 0 Å². The maximum Gasteiger partial charge on any atom is 0.243 e. The molecule has 0 radical (unpaired) electrons. The third-order valence-corrected chi connectivity index (χ3v) is 14.7. The van der Waals surface area contributed by atoms with E-state index in [0.717, 1.165) is 58.0 Å². The number of hydrogen-bond acceptors (Lipinski definition) is 6. The fourth-order valence-corrected chi connectivity index (χ4v) is 11.9. The standard InChI is InChI=1S/C39H66N4O5/c1-25(2)20-31(41-35(46)21-26-8-6-5-7-9-26)37(48)40-24-36(47)43-18-16-42(17-19-43)32-23-39(4)27(22-33(32)44)10-11-28-29-12-13-34(45)38(29,3)15-14-30(28)39/h25-34,44-45H,5-24H2,1-4H3,(H,40,48)(H,41,46)/t27-,28-,29-,30-,31-,32-,33-,34-,38-,39-/m0/s1. The second kappa shape index (κ2) is 14.9. The Bertz CT molecular complexity index is 1150. The minimum atomic E-state index is -0.625. The molecule has 1 saturated heterocycles. The number of fused-ring (bicyclic) bond motifs is 5. The van der Waals surface area contributed by atoms with Crippen LogP contribution in [0.15, 0.2) is 0 Å². The van der Waals surface area contributed by atoms with E-state index in [0.29, 0.717) is 55.5 Å². The van der Waals surface area contributed by atoms with Gasteiger partial charge in [0.25, 0.3) is 0 Å². The number of piperazine rings is 1. The van der Waals surface area contributed by atoms with Crippen molar-refractivity contribution < 1.29 is 24.6 Å². The van der Waals surface area contributed by atoms with Crippen molar-refractivity contribution in [2.45, 2.75) is 148 Å². The lowest BCUT2D eigenvalue weighted by Crippen LogP contribution is -2.62. The number of hydrogen-bond donors (Lipinski definition) is 4. The molecule has 0 bridgehead atoms. The van der Waals surface area contributed by atoms with Crippen molar-refractivity contribution in [3.05, 3.63) is 0 Å². The minimum absolute atomic E-state index is 0.0572. The van der Waals surface area contributed by atoms with Gasteiger partial charge in [-0.05, 0) is 117 Å². The van der Waals surface area contributed by atoms with Gasteiger partial charge < -0.3 is 25.7 Å². The quantitative estimate of drug-likeness (QED) is 0.287. The molecule has 6 aliphatic rings. The van der Waals surface area contributed by atoms with Crippen LogP contribution >= 0.6 is 0 Å². The molecule has 272 valence electrons. The fraction of sp³-hybridized carbons (Fsp3) is 0.923. The van der Waals surface area contributed by atoms with Crippen molar-refractivity contribution in [3.8, 4) is 0 Å². The first kappa shape index (κ1) is 36.1. The molecule has 0 aromatic carbocycles. The maximum absolute atomic E-state index is 13.3. The third-order valence-electron chi connectivity index (χ3n) is 14.7. The highest BCUT2D eigenvalue weighted by Gasteiger charge is 2.61. The summed E-state index contributed by atoms with van der Waals surface area (Å²) in [5.74, 6) is 2.76. The van der Waals surface area contributed by atoms with E-state index in [9.17, 15) is 24.6 Å². The topological polar surface area (TPSA) is 122 Å². The van der Waals surface area contributed by atoms with Crippen molar-refractivity contribution >= 4 is 17.7 Å². The summed E-state index contributed by atoms with van der Waals surface area (Å²) in [6.45, 7) is 11.5.